The van der Waals surface area contributed by atoms with E-state index in [1.807, 2.05) is 6.20 Å². The molecule has 2 aromatic rings. The van der Waals surface area contributed by atoms with Crippen LogP contribution in [0.15, 0.2) is 35.5 Å². The van der Waals surface area contributed by atoms with Crippen molar-refractivity contribution in [1.82, 2.24) is 4.98 Å². The van der Waals surface area contributed by atoms with Gasteiger partial charge in [0, 0.05) is 30.4 Å². The molecule has 0 aliphatic carbocycles. The molecule has 1 aromatic carbocycles. The van der Waals surface area contributed by atoms with Gasteiger partial charge < -0.3 is 9.64 Å². The minimum Gasteiger partial charge on any atom is -0.491 e. The Morgan fingerprint density at radius 1 is 1.08 bits per heavy atom. The first-order chi connectivity index (χ1) is 12.6. The van der Waals surface area contributed by atoms with Gasteiger partial charge in [-0.15, -0.1) is 0 Å². The monoisotopic (exact) mass is 349 g/mol. The van der Waals surface area contributed by atoms with Crippen LogP contribution in [0.1, 0.15) is 55.4 Å². The molecule has 0 bridgehead atoms. The number of aryl methyl sites for hydroxylation is 1. The Morgan fingerprint density at radius 2 is 1.88 bits per heavy atom. The molecule has 0 amide bonds. The lowest BCUT2D eigenvalue weighted by Crippen LogP contribution is -2.30. The maximum absolute atomic E-state index is 5.95. The molecule has 136 valence electrons. The highest BCUT2D eigenvalue weighted by atomic mass is 16.5. The molecule has 26 heavy (non-hydrogen) atoms. The number of benzene rings is 1. The third-order valence-corrected chi connectivity index (χ3v) is 5.17. The zero-order chi connectivity index (χ0) is 18.1. The van der Waals surface area contributed by atoms with Gasteiger partial charge in [0.15, 0.2) is 0 Å². The first-order valence-corrected chi connectivity index (χ1v) is 9.68. The largest absolute Gasteiger partial charge is 0.491 e. The SMILES string of the molecule is Cc1cc(OC(C)C)cc2c1CN=C2c1ccnc(N2CCCCC2)c1. The van der Waals surface area contributed by atoms with E-state index in [1.165, 1.54) is 36.0 Å². The number of aliphatic imine (C=N–C) groups is 1. The first-order valence-electron chi connectivity index (χ1n) is 9.68. The van der Waals surface area contributed by atoms with Crippen molar-refractivity contribution in [2.24, 2.45) is 4.99 Å². The number of anilines is 1. The van der Waals surface area contributed by atoms with Crippen molar-refractivity contribution in [3.8, 4) is 5.75 Å². The molecule has 3 heterocycles. The van der Waals surface area contributed by atoms with E-state index in [1.54, 1.807) is 0 Å². The second kappa shape index (κ2) is 7.10. The van der Waals surface area contributed by atoms with E-state index in [2.05, 4.69) is 54.9 Å². The molecule has 1 saturated heterocycles. The highest BCUT2D eigenvalue weighted by molar-refractivity contribution is 6.15. The minimum atomic E-state index is 0.167. The highest BCUT2D eigenvalue weighted by Gasteiger charge is 2.22. The molecule has 4 nitrogen and oxygen atoms in total. The van der Waals surface area contributed by atoms with Crippen molar-refractivity contribution in [2.45, 2.75) is 52.7 Å². The second-order valence-corrected chi connectivity index (χ2v) is 7.55. The molecule has 0 unspecified atom stereocenters. The number of hydrogen-bond donors (Lipinski definition) is 0. The van der Waals surface area contributed by atoms with E-state index in [9.17, 15) is 0 Å². The summed E-state index contributed by atoms with van der Waals surface area (Å²) in [6.45, 7) is 9.22. The van der Waals surface area contributed by atoms with Crippen LogP contribution in [0.5, 0.6) is 5.75 Å². The number of nitrogens with zero attached hydrogens (tertiary/aromatic N) is 3. The summed E-state index contributed by atoms with van der Waals surface area (Å²) in [4.78, 5) is 11.9. The molecule has 0 saturated carbocycles. The lowest BCUT2D eigenvalue weighted by molar-refractivity contribution is 0.242. The van der Waals surface area contributed by atoms with E-state index in [4.69, 9.17) is 9.73 Å². The van der Waals surface area contributed by atoms with Crippen LogP contribution in [0.4, 0.5) is 5.82 Å². The van der Waals surface area contributed by atoms with Gasteiger partial charge in [0.25, 0.3) is 0 Å². The summed E-state index contributed by atoms with van der Waals surface area (Å²) in [5.41, 5.74) is 5.99. The summed E-state index contributed by atoms with van der Waals surface area (Å²) in [6, 6.07) is 8.55. The molecule has 0 N–H and O–H groups in total. The van der Waals surface area contributed by atoms with Gasteiger partial charge in [0.2, 0.25) is 0 Å². The predicted molar refractivity (Wildman–Crippen MR) is 107 cm³/mol. The van der Waals surface area contributed by atoms with Gasteiger partial charge in [0.1, 0.15) is 11.6 Å². The summed E-state index contributed by atoms with van der Waals surface area (Å²) >= 11 is 0. The van der Waals surface area contributed by atoms with Gasteiger partial charge in [0.05, 0.1) is 18.4 Å². The van der Waals surface area contributed by atoms with Gasteiger partial charge >= 0.3 is 0 Å². The van der Waals surface area contributed by atoms with Crippen LogP contribution in [0, 0.1) is 6.92 Å². The highest BCUT2D eigenvalue weighted by Crippen LogP contribution is 2.31. The zero-order valence-corrected chi connectivity index (χ0v) is 16.0. The average molecular weight is 349 g/mol. The summed E-state index contributed by atoms with van der Waals surface area (Å²) in [6.07, 6.45) is 5.92. The fourth-order valence-corrected chi connectivity index (χ4v) is 3.90. The van der Waals surface area contributed by atoms with E-state index in [0.717, 1.165) is 42.5 Å². The summed E-state index contributed by atoms with van der Waals surface area (Å²) in [5.74, 6) is 2.00. The Balaban J connectivity index is 1.67. The van der Waals surface area contributed by atoms with Crippen LogP contribution in [0.3, 0.4) is 0 Å². The van der Waals surface area contributed by atoms with Crippen molar-refractivity contribution < 1.29 is 4.74 Å². The Labute approximate surface area is 155 Å². The fraction of sp³-hybridized carbons (Fsp3) is 0.455. The third-order valence-electron chi connectivity index (χ3n) is 5.17. The van der Waals surface area contributed by atoms with Crippen LogP contribution in [-0.4, -0.2) is 29.9 Å². The van der Waals surface area contributed by atoms with Crippen molar-refractivity contribution in [2.75, 3.05) is 18.0 Å². The minimum absolute atomic E-state index is 0.167. The average Bonchev–Trinajstić information content (AvgIpc) is 3.06. The number of piperidine rings is 1. The number of hydrogen-bond acceptors (Lipinski definition) is 4. The van der Waals surface area contributed by atoms with Gasteiger partial charge in [-0.1, -0.05) is 0 Å². The molecule has 1 fully saturated rings. The van der Waals surface area contributed by atoms with Crippen LogP contribution in [0.2, 0.25) is 0 Å². The van der Waals surface area contributed by atoms with Crippen LogP contribution in [-0.2, 0) is 6.54 Å². The Kier molecular flexibility index (Phi) is 4.66. The van der Waals surface area contributed by atoms with Gasteiger partial charge in [-0.3, -0.25) is 4.99 Å². The van der Waals surface area contributed by atoms with Crippen molar-refractivity contribution in [3.05, 3.63) is 52.7 Å². The van der Waals surface area contributed by atoms with Crippen LogP contribution < -0.4 is 9.64 Å². The lowest BCUT2D eigenvalue weighted by atomic mass is 9.97. The smallest absolute Gasteiger partial charge is 0.129 e. The summed E-state index contributed by atoms with van der Waals surface area (Å²) in [5, 5.41) is 0. The van der Waals surface area contributed by atoms with E-state index >= 15 is 0 Å². The number of rotatable bonds is 4. The topological polar surface area (TPSA) is 37.7 Å². The fourth-order valence-electron chi connectivity index (χ4n) is 3.90. The predicted octanol–water partition coefficient (Wildman–Crippen LogP) is 4.52. The molecular weight excluding hydrogens is 322 g/mol. The van der Waals surface area contributed by atoms with Gasteiger partial charge in [-0.25, -0.2) is 4.98 Å². The number of fused-ring (bicyclic) bond motifs is 1. The molecule has 2 aliphatic rings. The van der Waals surface area contributed by atoms with E-state index in [0.29, 0.717) is 0 Å². The number of ether oxygens (including phenoxy) is 1. The Bertz CT molecular complexity index is 835. The summed E-state index contributed by atoms with van der Waals surface area (Å²) in [7, 11) is 0. The third kappa shape index (κ3) is 3.33. The quantitative estimate of drug-likeness (QED) is 0.814. The second-order valence-electron chi connectivity index (χ2n) is 7.55. The van der Waals surface area contributed by atoms with Crippen molar-refractivity contribution in [3.63, 3.8) is 0 Å². The van der Waals surface area contributed by atoms with Gasteiger partial charge in [-0.05, 0) is 75.4 Å². The Hall–Kier alpha value is -2.36. The van der Waals surface area contributed by atoms with Crippen LogP contribution >= 0.6 is 0 Å². The molecule has 1 aromatic heterocycles. The van der Waals surface area contributed by atoms with Crippen LogP contribution in [0.25, 0.3) is 0 Å². The van der Waals surface area contributed by atoms with Gasteiger partial charge in [-0.2, -0.15) is 0 Å². The summed E-state index contributed by atoms with van der Waals surface area (Å²) < 4.78 is 5.95. The normalized spacial score (nSPS) is 16.6. The zero-order valence-electron chi connectivity index (χ0n) is 16.0. The lowest BCUT2D eigenvalue weighted by Gasteiger charge is -2.28. The maximum Gasteiger partial charge on any atom is 0.129 e. The molecular formula is C22H27N3O. The number of pyridine rings is 1. The molecule has 2 aliphatic heterocycles. The molecule has 0 atom stereocenters. The Morgan fingerprint density at radius 3 is 2.65 bits per heavy atom. The standard InChI is InChI=1S/C22H27N3O/c1-15(2)26-18-11-16(3)20-14-24-22(19(20)13-18)17-7-8-23-21(12-17)25-9-5-4-6-10-25/h7-8,11-13,15H,4-6,9-10,14H2,1-3H3. The molecule has 4 rings (SSSR count). The van der Waals surface area contributed by atoms with Crippen molar-refractivity contribution in [1.29, 1.82) is 0 Å². The first kappa shape index (κ1) is 17.1. The maximum atomic E-state index is 5.95. The van der Waals surface area contributed by atoms with E-state index in [-0.39, 0.29) is 6.10 Å². The molecule has 0 radical (unpaired) electrons. The molecule has 4 heteroatoms. The van der Waals surface area contributed by atoms with Crippen molar-refractivity contribution >= 4 is 11.5 Å². The number of aromatic nitrogens is 1. The molecule has 0 spiro atoms. The van der Waals surface area contributed by atoms with E-state index < -0.39 is 0 Å².